The molecule has 112 valence electrons. The molecule has 1 N–H and O–H groups in total. The third-order valence-electron chi connectivity index (χ3n) is 4.31. The van der Waals surface area contributed by atoms with Crippen molar-refractivity contribution in [1.29, 1.82) is 0 Å². The SMILES string of the molecule is CCNC(c1ccc(C)c(C)c1OC)C1CCC(C)O1. The first-order valence-corrected chi connectivity index (χ1v) is 7.61. The van der Waals surface area contributed by atoms with Crippen molar-refractivity contribution < 1.29 is 9.47 Å². The van der Waals surface area contributed by atoms with Gasteiger partial charge >= 0.3 is 0 Å². The quantitative estimate of drug-likeness (QED) is 0.893. The van der Waals surface area contributed by atoms with Crippen LogP contribution in [0.3, 0.4) is 0 Å². The summed E-state index contributed by atoms with van der Waals surface area (Å²) in [7, 11) is 1.76. The van der Waals surface area contributed by atoms with Crippen molar-refractivity contribution in [3.05, 3.63) is 28.8 Å². The van der Waals surface area contributed by atoms with Gasteiger partial charge < -0.3 is 14.8 Å². The Morgan fingerprint density at radius 1 is 1.35 bits per heavy atom. The first-order chi connectivity index (χ1) is 9.58. The molecule has 1 aliphatic rings. The summed E-state index contributed by atoms with van der Waals surface area (Å²) in [5.74, 6) is 0.999. The van der Waals surface area contributed by atoms with E-state index < -0.39 is 0 Å². The van der Waals surface area contributed by atoms with Gasteiger partial charge in [-0.3, -0.25) is 0 Å². The highest BCUT2D eigenvalue weighted by Gasteiger charge is 2.32. The van der Waals surface area contributed by atoms with Crippen molar-refractivity contribution in [3.63, 3.8) is 0 Å². The zero-order valence-electron chi connectivity index (χ0n) is 13.3. The first kappa shape index (κ1) is 15.3. The molecule has 1 saturated heterocycles. The summed E-state index contributed by atoms with van der Waals surface area (Å²) in [5.41, 5.74) is 3.71. The van der Waals surface area contributed by atoms with E-state index in [0.717, 1.165) is 25.1 Å². The number of hydrogen-bond acceptors (Lipinski definition) is 3. The van der Waals surface area contributed by atoms with Gasteiger partial charge in [-0.05, 0) is 51.3 Å². The number of methoxy groups -OCH3 is 1. The van der Waals surface area contributed by atoms with Crippen molar-refractivity contribution in [2.24, 2.45) is 0 Å². The molecule has 3 heteroatoms. The van der Waals surface area contributed by atoms with E-state index in [1.165, 1.54) is 16.7 Å². The predicted molar refractivity (Wildman–Crippen MR) is 82.5 cm³/mol. The highest BCUT2D eigenvalue weighted by Crippen LogP contribution is 2.37. The third-order valence-corrected chi connectivity index (χ3v) is 4.31. The lowest BCUT2D eigenvalue weighted by atomic mass is 9.94. The maximum absolute atomic E-state index is 6.08. The molecular formula is C17H27NO2. The number of nitrogens with one attached hydrogen (secondary N) is 1. The van der Waals surface area contributed by atoms with E-state index in [2.05, 4.69) is 45.1 Å². The van der Waals surface area contributed by atoms with Crippen LogP contribution in [0.1, 0.15) is 49.4 Å². The lowest BCUT2D eigenvalue weighted by Gasteiger charge is -2.27. The summed E-state index contributed by atoms with van der Waals surface area (Å²) in [6, 6.07) is 4.57. The average Bonchev–Trinajstić information content (AvgIpc) is 2.86. The van der Waals surface area contributed by atoms with Gasteiger partial charge in [-0.1, -0.05) is 19.1 Å². The van der Waals surface area contributed by atoms with Crippen LogP contribution in [-0.4, -0.2) is 25.9 Å². The van der Waals surface area contributed by atoms with Gasteiger partial charge in [0.2, 0.25) is 0 Å². The zero-order valence-corrected chi connectivity index (χ0v) is 13.3. The highest BCUT2D eigenvalue weighted by molar-refractivity contribution is 5.47. The number of ether oxygens (including phenoxy) is 2. The lowest BCUT2D eigenvalue weighted by molar-refractivity contribution is 0.0314. The number of likely N-dealkylation sites (N-methyl/N-ethyl adjacent to an activating group) is 1. The summed E-state index contributed by atoms with van der Waals surface area (Å²) >= 11 is 0. The second-order valence-electron chi connectivity index (χ2n) is 5.73. The van der Waals surface area contributed by atoms with Crippen LogP contribution in [0.2, 0.25) is 0 Å². The van der Waals surface area contributed by atoms with Gasteiger partial charge in [0.05, 0.1) is 25.4 Å². The highest BCUT2D eigenvalue weighted by atomic mass is 16.5. The van der Waals surface area contributed by atoms with Gasteiger partial charge in [-0.25, -0.2) is 0 Å². The van der Waals surface area contributed by atoms with Crippen molar-refractivity contribution >= 4 is 0 Å². The molecule has 1 aliphatic heterocycles. The number of aryl methyl sites for hydroxylation is 1. The standard InChI is InChI=1S/C17H27NO2/c1-6-18-16(15-10-8-12(3)20-15)14-9-7-11(2)13(4)17(14)19-5/h7,9,12,15-16,18H,6,8,10H2,1-5H3. The van der Waals surface area contributed by atoms with E-state index >= 15 is 0 Å². The van der Waals surface area contributed by atoms with Crippen LogP contribution in [0, 0.1) is 13.8 Å². The minimum atomic E-state index is 0.208. The molecule has 2 rings (SSSR count). The second kappa shape index (κ2) is 6.59. The fourth-order valence-electron chi connectivity index (χ4n) is 3.07. The fourth-order valence-corrected chi connectivity index (χ4v) is 3.07. The summed E-state index contributed by atoms with van der Waals surface area (Å²) < 4.78 is 11.8. The molecular weight excluding hydrogens is 250 g/mol. The van der Waals surface area contributed by atoms with Gasteiger partial charge in [0.1, 0.15) is 5.75 Å². The Labute approximate surface area is 122 Å². The van der Waals surface area contributed by atoms with E-state index in [-0.39, 0.29) is 12.1 Å². The van der Waals surface area contributed by atoms with Crippen LogP contribution in [0.25, 0.3) is 0 Å². The van der Waals surface area contributed by atoms with E-state index in [9.17, 15) is 0 Å². The Hall–Kier alpha value is -1.06. The Morgan fingerprint density at radius 2 is 2.10 bits per heavy atom. The molecule has 3 unspecified atom stereocenters. The zero-order chi connectivity index (χ0) is 14.7. The monoisotopic (exact) mass is 277 g/mol. The molecule has 1 aromatic rings. The van der Waals surface area contributed by atoms with Crippen LogP contribution >= 0.6 is 0 Å². The predicted octanol–water partition coefficient (Wildman–Crippen LogP) is 3.53. The molecule has 0 aromatic heterocycles. The van der Waals surface area contributed by atoms with Gasteiger partial charge in [-0.15, -0.1) is 0 Å². The first-order valence-electron chi connectivity index (χ1n) is 7.61. The second-order valence-corrected chi connectivity index (χ2v) is 5.73. The van der Waals surface area contributed by atoms with Crippen LogP contribution < -0.4 is 10.1 Å². The smallest absolute Gasteiger partial charge is 0.126 e. The molecule has 1 aromatic carbocycles. The van der Waals surface area contributed by atoms with Crippen molar-refractivity contribution in [1.82, 2.24) is 5.32 Å². The van der Waals surface area contributed by atoms with E-state index in [0.29, 0.717) is 6.10 Å². The molecule has 3 atom stereocenters. The van der Waals surface area contributed by atoms with Crippen molar-refractivity contribution in [2.45, 2.75) is 58.8 Å². The van der Waals surface area contributed by atoms with Crippen LogP contribution in [0.4, 0.5) is 0 Å². The van der Waals surface area contributed by atoms with Crippen molar-refractivity contribution in [3.8, 4) is 5.75 Å². The lowest BCUT2D eigenvalue weighted by Crippen LogP contribution is -2.32. The molecule has 0 radical (unpaired) electrons. The van der Waals surface area contributed by atoms with Gasteiger partial charge in [0, 0.05) is 5.56 Å². The van der Waals surface area contributed by atoms with E-state index in [1.54, 1.807) is 7.11 Å². The molecule has 0 spiro atoms. The average molecular weight is 277 g/mol. The molecule has 0 bridgehead atoms. The maximum Gasteiger partial charge on any atom is 0.126 e. The minimum absolute atomic E-state index is 0.208. The number of hydrogen-bond donors (Lipinski definition) is 1. The third kappa shape index (κ3) is 2.99. The number of benzene rings is 1. The molecule has 1 fully saturated rings. The van der Waals surface area contributed by atoms with E-state index in [1.807, 2.05) is 0 Å². The topological polar surface area (TPSA) is 30.5 Å². The fraction of sp³-hybridized carbons (Fsp3) is 0.647. The Morgan fingerprint density at radius 3 is 2.65 bits per heavy atom. The summed E-state index contributed by atoms with van der Waals surface area (Å²) in [6.45, 7) is 9.46. The normalized spacial score (nSPS) is 23.9. The van der Waals surface area contributed by atoms with Crippen LogP contribution in [0.5, 0.6) is 5.75 Å². The summed E-state index contributed by atoms with van der Waals surface area (Å²) in [5, 5.41) is 3.58. The van der Waals surface area contributed by atoms with Crippen LogP contribution in [-0.2, 0) is 4.74 Å². The largest absolute Gasteiger partial charge is 0.496 e. The molecule has 3 nitrogen and oxygen atoms in total. The molecule has 1 heterocycles. The van der Waals surface area contributed by atoms with E-state index in [4.69, 9.17) is 9.47 Å². The van der Waals surface area contributed by atoms with Gasteiger partial charge in [-0.2, -0.15) is 0 Å². The molecule has 0 saturated carbocycles. The molecule has 0 aliphatic carbocycles. The summed E-state index contributed by atoms with van der Waals surface area (Å²) in [4.78, 5) is 0. The molecule has 20 heavy (non-hydrogen) atoms. The Kier molecular flexibility index (Phi) is 5.06. The van der Waals surface area contributed by atoms with Gasteiger partial charge in [0.25, 0.3) is 0 Å². The Bertz CT molecular complexity index is 459. The van der Waals surface area contributed by atoms with Crippen LogP contribution in [0.15, 0.2) is 12.1 Å². The van der Waals surface area contributed by atoms with Crippen molar-refractivity contribution in [2.75, 3.05) is 13.7 Å². The summed E-state index contributed by atoms with van der Waals surface area (Å²) in [6.07, 6.45) is 2.84. The van der Waals surface area contributed by atoms with Gasteiger partial charge in [0.15, 0.2) is 0 Å². The Balaban J connectivity index is 2.36. The maximum atomic E-state index is 6.08. The minimum Gasteiger partial charge on any atom is -0.496 e. The molecule has 0 amide bonds. The number of rotatable bonds is 5.